The van der Waals surface area contributed by atoms with Crippen molar-refractivity contribution in [1.29, 1.82) is 0 Å². The van der Waals surface area contributed by atoms with Crippen LogP contribution in [0.4, 0.5) is 15.2 Å². The van der Waals surface area contributed by atoms with Gasteiger partial charge in [-0.3, -0.25) is 14.5 Å². The highest BCUT2D eigenvalue weighted by atomic mass is 35.5. The van der Waals surface area contributed by atoms with Crippen molar-refractivity contribution in [2.45, 2.75) is 11.7 Å². The van der Waals surface area contributed by atoms with Crippen molar-refractivity contribution < 1.29 is 14.0 Å². The van der Waals surface area contributed by atoms with Crippen LogP contribution >= 0.6 is 34.7 Å². The molecule has 1 N–H and O–H groups in total. The molecule has 0 aliphatic carbocycles. The van der Waals surface area contributed by atoms with E-state index in [9.17, 15) is 14.0 Å². The van der Waals surface area contributed by atoms with Crippen LogP contribution in [0.5, 0.6) is 0 Å². The molecule has 2 amide bonds. The van der Waals surface area contributed by atoms with E-state index >= 15 is 0 Å². The third kappa shape index (κ3) is 4.79. The van der Waals surface area contributed by atoms with E-state index in [0.29, 0.717) is 16.0 Å². The number of aliphatic imine (C=N–C) groups is 1. The molecular weight excluding hydrogens is 459 g/mol. The van der Waals surface area contributed by atoms with Gasteiger partial charge in [0.1, 0.15) is 11.1 Å². The molecule has 3 aromatic rings. The molecule has 4 rings (SSSR count). The minimum absolute atomic E-state index is 0.0645. The number of nitrogens with zero attached hydrogens (tertiary/aromatic N) is 3. The van der Waals surface area contributed by atoms with Crippen molar-refractivity contribution in [1.82, 2.24) is 9.88 Å². The lowest BCUT2D eigenvalue weighted by Crippen LogP contribution is -2.33. The molecule has 0 bridgehead atoms. The number of carbonyl (C=O) groups excluding carboxylic acids is 2. The second-order valence-corrected chi connectivity index (χ2v) is 9.17. The first-order chi connectivity index (χ1) is 14.9. The monoisotopic (exact) mass is 474 g/mol. The summed E-state index contributed by atoms with van der Waals surface area (Å²) in [4.78, 5) is 35.9. The Balaban J connectivity index is 1.51. The fourth-order valence-electron chi connectivity index (χ4n) is 2.97. The number of hydrogen-bond donors (Lipinski definition) is 1. The lowest BCUT2D eigenvalue weighted by atomic mass is 10.2. The lowest BCUT2D eigenvalue weighted by Gasteiger charge is -2.13. The van der Waals surface area contributed by atoms with Crippen LogP contribution in [0.3, 0.4) is 0 Å². The molecule has 2 aromatic carbocycles. The maximum absolute atomic E-state index is 13.3. The van der Waals surface area contributed by atoms with Crippen LogP contribution in [0.1, 0.15) is 6.42 Å². The Morgan fingerprint density at radius 3 is 2.90 bits per heavy atom. The Hall–Kier alpha value is -2.75. The lowest BCUT2D eigenvalue weighted by molar-refractivity contribution is -0.127. The van der Waals surface area contributed by atoms with Crippen molar-refractivity contribution in [2.24, 2.45) is 4.99 Å². The SMILES string of the molecule is C=CCN1C(=O)C(CC(=O)Nc2ccc(F)c(Cl)c2)SC1=Nc1nc2ccccc2s1. The van der Waals surface area contributed by atoms with Crippen LogP contribution in [0, 0.1) is 5.82 Å². The highest BCUT2D eigenvalue weighted by Gasteiger charge is 2.38. The fraction of sp³-hybridized carbons (Fsp3) is 0.143. The molecule has 31 heavy (non-hydrogen) atoms. The summed E-state index contributed by atoms with van der Waals surface area (Å²) < 4.78 is 14.3. The van der Waals surface area contributed by atoms with E-state index in [1.165, 1.54) is 46.2 Å². The van der Waals surface area contributed by atoms with E-state index in [4.69, 9.17) is 11.6 Å². The molecule has 1 saturated heterocycles. The van der Waals surface area contributed by atoms with E-state index in [2.05, 4.69) is 21.9 Å². The summed E-state index contributed by atoms with van der Waals surface area (Å²) in [7, 11) is 0. The minimum atomic E-state index is -0.635. The van der Waals surface area contributed by atoms with Gasteiger partial charge in [-0.15, -0.1) is 6.58 Å². The number of amides is 2. The van der Waals surface area contributed by atoms with Crippen molar-refractivity contribution in [2.75, 3.05) is 11.9 Å². The van der Waals surface area contributed by atoms with Gasteiger partial charge in [-0.25, -0.2) is 9.37 Å². The smallest absolute Gasteiger partial charge is 0.242 e. The highest BCUT2D eigenvalue weighted by molar-refractivity contribution is 8.15. The molecule has 0 saturated carbocycles. The molecule has 10 heteroatoms. The molecule has 1 unspecified atom stereocenters. The van der Waals surface area contributed by atoms with Crippen LogP contribution in [0.25, 0.3) is 10.2 Å². The third-order valence-corrected chi connectivity index (χ3v) is 6.77. The minimum Gasteiger partial charge on any atom is -0.326 e. The number of rotatable bonds is 6. The molecule has 2 heterocycles. The first-order valence-electron chi connectivity index (χ1n) is 9.22. The third-order valence-electron chi connectivity index (χ3n) is 4.38. The Morgan fingerprint density at radius 2 is 2.16 bits per heavy atom. The van der Waals surface area contributed by atoms with Gasteiger partial charge in [0.2, 0.25) is 16.9 Å². The standard InChI is InChI=1S/C21H16ClFN4O2S2/c1-2-9-27-19(29)17(11-18(28)24-12-7-8-14(23)13(22)10-12)31-21(27)26-20-25-15-5-3-4-6-16(15)30-20/h2-8,10,17H,1,9,11H2,(H,24,28). The molecule has 0 spiro atoms. The predicted octanol–water partition coefficient (Wildman–Crippen LogP) is 5.24. The number of nitrogens with one attached hydrogen (secondary N) is 1. The summed E-state index contributed by atoms with van der Waals surface area (Å²) in [6.45, 7) is 3.98. The van der Waals surface area contributed by atoms with Crippen molar-refractivity contribution in [3.63, 3.8) is 0 Å². The molecular formula is C21H16ClFN4O2S2. The number of hydrogen-bond acceptors (Lipinski definition) is 6. The molecule has 1 atom stereocenters. The Kier molecular flexibility index (Phi) is 6.35. The summed E-state index contributed by atoms with van der Waals surface area (Å²) in [6.07, 6.45) is 1.54. The second-order valence-electron chi connectivity index (χ2n) is 6.58. The van der Waals surface area contributed by atoms with Crippen LogP contribution in [-0.4, -0.2) is 38.7 Å². The summed E-state index contributed by atoms with van der Waals surface area (Å²) in [6, 6.07) is 11.6. The summed E-state index contributed by atoms with van der Waals surface area (Å²) >= 11 is 8.39. The number of anilines is 1. The molecule has 1 aromatic heterocycles. The van der Waals surface area contributed by atoms with Gasteiger partial charge in [0.05, 0.1) is 15.2 Å². The maximum atomic E-state index is 13.3. The quantitative estimate of drug-likeness (QED) is 0.496. The Labute approximate surface area is 190 Å². The van der Waals surface area contributed by atoms with E-state index in [1.54, 1.807) is 6.08 Å². The number of thioether (sulfide) groups is 1. The van der Waals surface area contributed by atoms with Crippen molar-refractivity contribution >= 4 is 72.7 Å². The fourth-order valence-corrected chi connectivity index (χ4v) is 5.19. The largest absolute Gasteiger partial charge is 0.326 e. The number of halogens is 2. The average Bonchev–Trinajstić information content (AvgIpc) is 3.27. The van der Waals surface area contributed by atoms with E-state index in [1.807, 2.05) is 24.3 Å². The van der Waals surface area contributed by atoms with Crippen molar-refractivity contribution in [3.8, 4) is 0 Å². The number of benzene rings is 2. The molecule has 0 radical (unpaired) electrons. The zero-order valence-electron chi connectivity index (χ0n) is 16.0. The average molecular weight is 475 g/mol. The molecule has 158 valence electrons. The van der Waals surface area contributed by atoms with Gasteiger partial charge in [0.25, 0.3) is 0 Å². The maximum Gasteiger partial charge on any atom is 0.242 e. The zero-order valence-corrected chi connectivity index (χ0v) is 18.4. The Bertz CT molecular complexity index is 1180. The first kappa shape index (κ1) is 21.5. The normalized spacial score (nSPS) is 17.5. The number of fused-ring (bicyclic) bond motifs is 1. The Morgan fingerprint density at radius 1 is 1.35 bits per heavy atom. The molecule has 1 aliphatic rings. The van der Waals surface area contributed by atoms with Gasteiger partial charge in [0.15, 0.2) is 5.17 Å². The van der Waals surface area contributed by atoms with Gasteiger partial charge < -0.3 is 5.32 Å². The number of aromatic nitrogens is 1. The summed E-state index contributed by atoms with van der Waals surface area (Å²) in [5.41, 5.74) is 1.20. The summed E-state index contributed by atoms with van der Waals surface area (Å²) in [5, 5.41) is 2.93. The van der Waals surface area contributed by atoms with E-state index in [0.717, 1.165) is 10.2 Å². The van der Waals surface area contributed by atoms with Crippen LogP contribution in [0.2, 0.25) is 5.02 Å². The highest BCUT2D eigenvalue weighted by Crippen LogP contribution is 2.34. The topological polar surface area (TPSA) is 74.7 Å². The van der Waals surface area contributed by atoms with Crippen LogP contribution < -0.4 is 5.32 Å². The second kappa shape index (κ2) is 9.17. The van der Waals surface area contributed by atoms with Gasteiger partial charge in [-0.2, -0.15) is 4.99 Å². The molecule has 1 aliphatic heterocycles. The van der Waals surface area contributed by atoms with Gasteiger partial charge >= 0.3 is 0 Å². The number of thiazole rings is 1. The molecule has 6 nitrogen and oxygen atoms in total. The summed E-state index contributed by atoms with van der Waals surface area (Å²) in [5.74, 6) is -1.18. The van der Waals surface area contributed by atoms with Crippen LogP contribution in [-0.2, 0) is 9.59 Å². The number of carbonyl (C=O) groups is 2. The first-order valence-corrected chi connectivity index (χ1v) is 11.3. The van der Waals surface area contributed by atoms with Crippen molar-refractivity contribution in [3.05, 3.63) is 66.0 Å². The van der Waals surface area contributed by atoms with Gasteiger partial charge in [-0.1, -0.05) is 52.9 Å². The number of amidine groups is 1. The van der Waals surface area contributed by atoms with E-state index in [-0.39, 0.29) is 29.8 Å². The zero-order chi connectivity index (χ0) is 22.0. The van der Waals surface area contributed by atoms with E-state index < -0.39 is 11.1 Å². The number of para-hydroxylation sites is 1. The van der Waals surface area contributed by atoms with Crippen LogP contribution in [0.15, 0.2) is 60.1 Å². The molecule has 1 fully saturated rings. The van der Waals surface area contributed by atoms with Gasteiger partial charge in [0, 0.05) is 18.7 Å². The predicted molar refractivity (Wildman–Crippen MR) is 125 cm³/mol. The van der Waals surface area contributed by atoms with Gasteiger partial charge in [-0.05, 0) is 30.3 Å².